The number of methoxy groups -OCH3 is 2. The number of aliphatic hydroxyl groups is 1. The standard InChI is InChI=1S/C22H27N3O3.C6H8O7/c1-26-20-10-9-16(12-21(20)27-2)13-25(14-17-6-5-11-28-17)15-22-23-18-7-3-4-8-19(18)24-22;7-3(8)1-6(13,5(11)12)2-4(9)10/h3-4,7-10,12,17H,5-6,11,13-15H2,1-2H3,(H,23,24);13H,1-2H2,(H,7,8)(H,9,10)(H,11,12). The SMILES string of the molecule is COc1ccc(CN(Cc2nc3ccccc3[nH]2)CC2CCCO2)cc1OC.O=C(O)CC(O)(CC(=O)O)C(=O)O. The number of aromatic nitrogens is 2. The largest absolute Gasteiger partial charge is 0.493 e. The second-order valence-electron chi connectivity index (χ2n) is 9.67. The lowest BCUT2D eigenvalue weighted by Crippen LogP contribution is -2.42. The van der Waals surface area contributed by atoms with Crippen molar-refractivity contribution in [3.63, 3.8) is 0 Å². The number of hydrogen-bond acceptors (Lipinski definition) is 9. The van der Waals surface area contributed by atoms with Gasteiger partial charge in [0.1, 0.15) is 5.82 Å². The van der Waals surface area contributed by atoms with Crippen molar-refractivity contribution in [2.24, 2.45) is 0 Å². The summed E-state index contributed by atoms with van der Waals surface area (Å²) in [7, 11) is 3.32. The number of nitrogens with zero attached hydrogens (tertiary/aromatic N) is 2. The fourth-order valence-corrected chi connectivity index (χ4v) is 4.50. The lowest BCUT2D eigenvalue weighted by Gasteiger charge is -2.24. The highest BCUT2D eigenvalue weighted by Crippen LogP contribution is 2.28. The molecule has 1 saturated heterocycles. The number of nitrogens with one attached hydrogen (secondary N) is 1. The van der Waals surface area contributed by atoms with Crippen molar-refractivity contribution in [1.29, 1.82) is 0 Å². The molecule has 222 valence electrons. The molecule has 0 spiro atoms. The van der Waals surface area contributed by atoms with Crippen LogP contribution >= 0.6 is 0 Å². The Balaban J connectivity index is 0.000000302. The summed E-state index contributed by atoms with van der Waals surface area (Å²) in [5, 5.41) is 33.8. The van der Waals surface area contributed by atoms with Crippen LogP contribution in [-0.4, -0.2) is 92.3 Å². The molecule has 5 N–H and O–H groups in total. The van der Waals surface area contributed by atoms with Crippen LogP contribution < -0.4 is 9.47 Å². The highest BCUT2D eigenvalue weighted by Gasteiger charge is 2.40. The molecule has 1 aliphatic heterocycles. The molecule has 1 aromatic heterocycles. The van der Waals surface area contributed by atoms with E-state index in [0.717, 1.165) is 67.4 Å². The van der Waals surface area contributed by atoms with Crippen molar-refractivity contribution in [3.8, 4) is 11.5 Å². The van der Waals surface area contributed by atoms with Gasteiger partial charge in [-0.15, -0.1) is 0 Å². The normalized spacial score (nSPS) is 14.9. The Morgan fingerprint density at radius 2 is 1.71 bits per heavy atom. The maximum atomic E-state index is 10.3. The van der Waals surface area contributed by atoms with E-state index in [1.54, 1.807) is 14.2 Å². The van der Waals surface area contributed by atoms with Gasteiger partial charge in [0.15, 0.2) is 17.1 Å². The summed E-state index contributed by atoms with van der Waals surface area (Å²) in [5.41, 5.74) is 0.505. The van der Waals surface area contributed by atoms with Gasteiger partial charge >= 0.3 is 17.9 Å². The van der Waals surface area contributed by atoms with Crippen LogP contribution in [0, 0.1) is 0 Å². The highest BCUT2D eigenvalue weighted by atomic mass is 16.5. The Morgan fingerprint density at radius 3 is 2.27 bits per heavy atom. The Morgan fingerprint density at radius 1 is 1.02 bits per heavy atom. The number of H-pyrrole nitrogens is 1. The Hall–Kier alpha value is -4.20. The average molecular weight is 574 g/mol. The monoisotopic (exact) mass is 573 g/mol. The van der Waals surface area contributed by atoms with Gasteiger partial charge in [-0.25, -0.2) is 9.78 Å². The first kappa shape index (κ1) is 31.3. The maximum absolute atomic E-state index is 10.3. The summed E-state index contributed by atoms with van der Waals surface area (Å²) in [4.78, 5) is 41.1. The maximum Gasteiger partial charge on any atom is 0.336 e. The first-order valence-corrected chi connectivity index (χ1v) is 12.9. The molecule has 41 heavy (non-hydrogen) atoms. The fourth-order valence-electron chi connectivity index (χ4n) is 4.50. The summed E-state index contributed by atoms with van der Waals surface area (Å²) < 4.78 is 16.7. The van der Waals surface area contributed by atoms with Crippen LogP contribution in [0.3, 0.4) is 0 Å². The van der Waals surface area contributed by atoms with Gasteiger partial charge in [-0.1, -0.05) is 18.2 Å². The third-order valence-electron chi connectivity index (χ3n) is 6.44. The van der Waals surface area contributed by atoms with E-state index in [1.807, 2.05) is 30.3 Å². The molecule has 13 heteroatoms. The second-order valence-corrected chi connectivity index (χ2v) is 9.67. The molecule has 1 fully saturated rings. The van der Waals surface area contributed by atoms with Crippen molar-refractivity contribution in [3.05, 3.63) is 53.9 Å². The Bertz CT molecular complexity index is 1290. The third kappa shape index (κ3) is 9.17. The summed E-state index contributed by atoms with van der Waals surface area (Å²) in [5.74, 6) is -2.55. The quantitative estimate of drug-likeness (QED) is 0.201. The topological polar surface area (TPSA) is 192 Å². The smallest absolute Gasteiger partial charge is 0.336 e. The van der Waals surface area contributed by atoms with E-state index in [2.05, 4.69) is 22.0 Å². The summed E-state index contributed by atoms with van der Waals surface area (Å²) in [6, 6.07) is 14.2. The molecule has 3 aromatic rings. The number of carboxylic acids is 3. The van der Waals surface area contributed by atoms with E-state index in [0.29, 0.717) is 0 Å². The highest BCUT2D eigenvalue weighted by molar-refractivity contribution is 5.88. The minimum absolute atomic E-state index is 0.282. The molecular weight excluding hydrogens is 538 g/mol. The molecule has 4 rings (SSSR count). The van der Waals surface area contributed by atoms with E-state index < -0.39 is 36.4 Å². The zero-order valence-corrected chi connectivity index (χ0v) is 22.9. The van der Waals surface area contributed by atoms with Gasteiger partial charge in [0.25, 0.3) is 0 Å². The van der Waals surface area contributed by atoms with Crippen molar-refractivity contribution in [2.45, 2.75) is 50.5 Å². The fraction of sp³-hybridized carbons (Fsp3) is 0.429. The van der Waals surface area contributed by atoms with E-state index in [9.17, 15) is 14.4 Å². The van der Waals surface area contributed by atoms with Gasteiger partial charge < -0.3 is 39.6 Å². The Labute approximate surface area is 236 Å². The van der Waals surface area contributed by atoms with Crippen LogP contribution in [0.1, 0.15) is 37.1 Å². The van der Waals surface area contributed by atoms with Gasteiger partial charge in [0.05, 0.1) is 50.7 Å². The van der Waals surface area contributed by atoms with Gasteiger partial charge in [0.2, 0.25) is 0 Å². The van der Waals surface area contributed by atoms with Crippen LogP contribution in [0.5, 0.6) is 11.5 Å². The molecule has 1 unspecified atom stereocenters. The van der Waals surface area contributed by atoms with Crippen molar-refractivity contribution < 1.29 is 49.0 Å². The molecule has 0 aliphatic carbocycles. The molecular formula is C28H35N3O10. The third-order valence-corrected chi connectivity index (χ3v) is 6.44. The molecule has 0 radical (unpaired) electrons. The first-order chi connectivity index (χ1) is 19.5. The van der Waals surface area contributed by atoms with E-state index in [1.165, 1.54) is 5.56 Å². The van der Waals surface area contributed by atoms with Crippen LogP contribution in [0.25, 0.3) is 11.0 Å². The number of ether oxygens (including phenoxy) is 3. The van der Waals surface area contributed by atoms with Crippen molar-refractivity contribution in [2.75, 3.05) is 27.4 Å². The van der Waals surface area contributed by atoms with Crippen LogP contribution in [0.4, 0.5) is 0 Å². The second kappa shape index (κ2) is 14.4. The first-order valence-electron chi connectivity index (χ1n) is 12.9. The average Bonchev–Trinajstić information content (AvgIpc) is 3.57. The van der Waals surface area contributed by atoms with E-state index in [4.69, 9.17) is 39.6 Å². The molecule has 13 nitrogen and oxygen atoms in total. The number of carbonyl (C=O) groups is 3. The van der Waals surface area contributed by atoms with E-state index in [-0.39, 0.29) is 6.10 Å². The number of benzene rings is 2. The number of para-hydroxylation sites is 2. The van der Waals surface area contributed by atoms with Crippen LogP contribution in [0.2, 0.25) is 0 Å². The molecule has 1 aliphatic rings. The number of aliphatic carboxylic acids is 3. The number of imidazole rings is 1. The Kier molecular flexibility index (Phi) is 11.0. The lowest BCUT2D eigenvalue weighted by molar-refractivity contribution is -0.170. The molecule has 0 amide bonds. The lowest BCUT2D eigenvalue weighted by atomic mass is 9.96. The summed E-state index contributed by atoms with van der Waals surface area (Å²) in [6.07, 6.45) is 0.246. The van der Waals surface area contributed by atoms with Crippen molar-refractivity contribution in [1.82, 2.24) is 14.9 Å². The molecule has 1 atom stereocenters. The van der Waals surface area contributed by atoms with E-state index >= 15 is 0 Å². The van der Waals surface area contributed by atoms with Gasteiger partial charge in [-0.2, -0.15) is 0 Å². The predicted molar refractivity (Wildman–Crippen MR) is 146 cm³/mol. The molecule has 0 saturated carbocycles. The summed E-state index contributed by atoms with van der Waals surface area (Å²) in [6.45, 7) is 3.27. The molecule has 2 aromatic carbocycles. The number of rotatable bonds is 13. The minimum atomic E-state index is -2.74. The van der Waals surface area contributed by atoms with Gasteiger partial charge in [0, 0.05) is 19.7 Å². The minimum Gasteiger partial charge on any atom is -0.493 e. The summed E-state index contributed by atoms with van der Waals surface area (Å²) >= 11 is 0. The zero-order chi connectivity index (χ0) is 30.0. The number of hydrogen-bond donors (Lipinski definition) is 5. The zero-order valence-electron chi connectivity index (χ0n) is 22.9. The van der Waals surface area contributed by atoms with Crippen molar-refractivity contribution >= 4 is 28.9 Å². The van der Waals surface area contributed by atoms with Gasteiger partial charge in [-0.05, 0) is 42.7 Å². The van der Waals surface area contributed by atoms with Crippen LogP contribution in [0.15, 0.2) is 42.5 Å². The van der Waals surface area contributed by atoms with Crippen LogP contribution in [-0.2, 0) is 32.2 Å². The predicted octanol–water partition coefficient (Wildman–Crippen LogP) is 2.51. The molecule has 0 bridgehead atoms. The molecule has 2 heterocycles. The number of aromatic amines is 1. The van der Waals surface area contributed by atoms with Gasteiger partial charge in [-0.3, -0.25) is 14.5 Å². The number of fused-ring (bicyclic) bond motifs is 1. The number of carboxylic acid groups (broad SMARTS) is 3.